The van der Waals surface area contributed by atoms with Crippen molar-refractivity contribution >= 4 is 10.0 Å². The van der Waals surface area contributed by atoms with Gasteiger partial charge < -0.3 is 10.6 Å². The quantitative estimate of drug-likeness (QED) is 0.791. The van der Waals surface area contributed by atoms with Crippen LogP contribution in [0.2, 0.25) is 0 Å². The second kappa shape index (κ2) is 5.80. The van der Waals surface area contributed by atoms with Crippen molar-refractivity contribution in [2.24, 2.45) is 5.73 Å². The Morgan fingerprint density at radius 3 is 2.80 bits per heavy atom. The molecule has 3 N–H and O–H groups in total. The largest absolute Gasteiger partial charge is 0.325 e. The Hall–Kier alpha value is -0.960. The van der Waals surface area contributed by atoms with E-state index in [9.17, 15) is 8.42 Å². The van der Waals surface area contributed by atoms with Gasteiger partial charge in [-0.3, -0.25) is 5.10 Å². The molecule has 1 aromatic rings. The van der Waals surface area contributed by atoms with Gasteiger partial charge in [-0.05, 0) is 33.4 Å². The van der Waals surface area contributed by atoms with Gasteiger partial charge in [-0.15, -0.1) is 0 Å². The minimum atomic E-state index is -3.55. The zero-order valence-electron chi connectivity index (χ0n) is 12.3. The van der Waals surface area contributed by atoms with Crippen molar-refractivity contribution in [2.45, 2.75) is 37.2 Å². The zero-order valence-corrected chi connectivity index (χ0v) is 13.1. The van der Waals surface area contributed by atoms with E-state index in [1.165, 1.54) is 4.31 Å². The van der Waals surface area contributed by atoms with Gasteiger partial charge in [0.2, 0.25) is 10.0 Å². The third kappa shape index (κ3) is 2.73. The molecule has 0 radical (unpaired) electrons. The van der Waals surface area contributed by atoms with E-state index in [-0.39, 0.29) is 17.5 Å². The van der Waals surface area contributed by atoms with E-state index >= 15 is 0 Å². The lowest BCUT2D eigenvalue weighted by atomic mass is 10.2. The number of sulfonamides is 1. The van der Waals surface area contributed by atoms with E-state index in [1.54, 1.807) is 14.0 Å². The SMILES string of the molecule is Cc1[nH]nc(CN)c1S(=O)(=O)N(C)CC1CCCN1C. The summed E-state index contributed by atoms with van der Waals surface area (Å²) < 4.78 is 26.8. The van der Waals surface area contributed by atoms with Crippen LogP contribution in [0.3, 0.4) is 0 Å². The Morgan fingerprint density at radius 2 is 2.25 bits per heavy atom. The minimum Gasteiger partial charge on any atom is -0.325 e. The van der Waals surface area contributed by atoms with Gasteiger partial charge in [-0.25, -0.2) is 8.42 Å². The molecule has 1 aromatic heterocycles. The van der Waals surface area contributed by atoms with Crippen LogP contribution in [-0.2, 0) is 16.6 Å². The van der Waals surface area contributed by atoms with Gasteiger partial charge in [0.15, 0.2) is 0 Å². The predicted molar refractivity (Wildman–Crippen MR) is 76.7 cm³/mol. The first-order valence-electron chi connectivity index (χ1n) is 6.78. The molecule has 114 valence electrons. The molecule has 1 aliphatic rings. The number of likely N-dealkylation sites (N-methyl/N-ethyl adjacent to an activating group) is 2. The third-order valence-electron chi connectivity index (χ3n) is 3.96. The lowest BCUT2D eigenvalue weighted by Gasteiger charge is -2.25. The summed E-state index contributed by atoms with van der Waals surface area (Å²) in [5, 5.41) is 6.67. The number of rotatable bonds is 5. The molecule has 8 heteroatoms. The van der Waals surface area contributed by atoms with Crippen molar-refractivity contribution in [2.75, 3.05) is 27.2 Å². The number of hydrogen-bond donors (Lipinski definition) is 2. The molecule has 0 bridgehead atoms. The van der Waals surface area contributed by atoms with E-state index in [1.807, 2.05) is 7.05 Å². The maximum Gasteiger partial charge on any atom is 0.246 e. The Balaban J connectivity index is 2.23. The van der Waals surface area contributed by atoms with Gasteiger partial charge in [-0.1, -0.05) is 0 Å². The van der Waals surface area contributed by atoms with Crippen molar-refractivity contribution in [3.8, 4) is 0 Å². The van der Waals surface area contributed by atoms with Gasteiger partial charge >= 0.3 is 0 Å². The van der Waals surface area contributed by atoms with Crippen molar-refractivity contribution in [1.29, 1.82) is 0 Å². The van der Waals surface area contributed by atoms with Crippen molar-refractivity contribution in [3.63, 3.8) is 0 Å². The minimum absolute atomic E-state index is 0.107. The maximum atomic E-state index is 12.7. The van der Waals surface area contributed by atoms with Crippen molar-refractivity contribution < 1.29 is 8.42 Å². The number of nitrogens with one attached hydrogen (secondary N) is 1. The summed E-state index contributed by atoms with van der Waals surface area (Å²) in [5.41, 5.74) is 6.51. The molecule has 1 atom stereocenters. The maximum absolute atomic E-state index is 12.7. The van der Waals surface area contributed by atoms with E-state index in [2.05, 4.69) is 15.1 Å². The molecule has 0 amide bonds. The summed E-state index contributed by atoms with van der Waals surface area (Å²) in [7, 11) is 0.106. The molecule has 1 fully saturated rings. The van der Waals surface area contributed by atoms with Gasteiger partial charge in [0.25, 0.3) is 0 Å². The molecule has 0 aromatic carbocycles. The fraction of sp³-hybridized carbons (Fsp3) is 0.750. The Labute approximate surface area is 120 Å². The average Bonchev–Trinajstić information content (AvgIpc) is 2.96. The van der Waals surface area contributed by atoms with E-state index in [4.69, 9.17) is 5.73 Å². The first-order valence-corrected chi connectivity index (χ1v) is 8.22. The average molecular weight is 301 g/mol. The lowest BCUT2D eigenvalue weighted by Crippen LogP contribution is -2.39. The Bertz CT molecular complexity index is 568. The molecule has 1 aliphatic heterocycles. The number of hydrogen-bond acceptors (Lipinski definition) is 5. The molecule has 2 heterocycles. The number of aromatic nitrogens is 2. The van der Waals surface area contributed by atoms with Crippen LogP contribution in [0.5, 0.6) is 0 Å². The first-order chi connectivity index (χ1) is 9.37. The second-order valence-electron chi connectivity index (χ2n) is 5.39. The van der Waals surface area contributed by atoms with Crippen LogP contribution < -0.4 is 5.73 Å². The van der Waals surface area contributed by atoms with Crippen molar-refractivity contribution in [1.82, 2.24) is 19.4 Å². The molecule has 0 aliphatic carbocycles. The van der Waals surface area contributed by atoms with Gasteiger partial charge in [0.1, 0.15) is 4.90 Å². The summed E-state index contributed by atoms with van der Waals surface area (Å²) in [4.78, 5) is 2.43. The monoisotopic (exact) mass is 301 g/mol. The van der Waals surface area contributed by atoms with Crippen LogP contribution in [0.15, 0.2) is 4.90 Å². The zero-order chi connectivity index (χ0) is 14.9. The first kappa shape index (κ1) is 15.4. The summed E-state index contributed by atoms with van der Waals surface area (Å²) in [6, 6.07) is 0.281. The fourth-order valence-corrected chi connectivity index (χ4v) is 4.25. The molecular formula is C12H23N5O2S. The van der Waals surface area contributed by atoms with Crippen LogP contribution >= 0.6 is 0 Å². The van der Waals surface area contributed by atoms with E-state index < -0.39 is 10.0 Å². The molecule has 20 heavy (non-hydrogen) atoms. The molecule has 1 saturated heterocycles. The number of aryl methyl sites for hydroxylation is 1. The summed E-state index contributed by atoms with van der Waals surface area (Å²) in [6.07, 6.45) is 2.15. The highest BCUT2D eigenvalue weighted by Gasteiger charge is 2.31. The highest BCUT2D eigenvalue weighted by atomic mass is 32.2. The molecule has 2 rings (SSSR count). The van der Waals surface area contributed by atoms with Crippen LogP contribution in [0.4, 0.5) is 0 Å². The number of likely N-dealkylation sites (tertiary alicyclic amines) is 1. The molecule has 1 unspecified atom stereocenters. The van der Waals surface area contributed by atoms with Crippen molar-refractivity contribution in [3.05, 3.63) is 11.4 Å². The van der Waals surface area contributed by atoms with Crippen LogP contribution in [0, 0.1) is 6.92 Å². The lowest BCUT2D eigenvalue weighted by molar-refractivity contribution is 0.271. The smallest absolute Gasteiger partial charge is 0.246 e. The highest BCUT2D eigenvalue weighted by molar-refractivity contribution is 7.89. The second-order valence-corrected chi connectivity index (χ2v) is 7.37. The normalized spacial score (nSPS) is 20.9. The third-order valence-corrected chi connectivity index (χ3v) is 5.99. The molecular weight excluding hydrogens is 278 g/mol. The number of H-pyrrole nitrogens is 1. The Kier molecular flexibility index (Phi) is 4.48. The number of aromatic amines is 1. The molecule has 0 spiro atoms. The predicted octanol–water partition coefficient (Wildman–Crippen LogP) is -0.108. The van der Waals surface area contributed by atoms with Gasteiger partial charge in [0.05, 0.1) is 11.4 Å². The molecule has 7 nitrogen and oxygen atoms in total. The summed E-state index contributed by atoms with van der Waals surface area (Å²) >= 11 is 0. The summed E-state index contributed by atoms with van der Waals surface area (Å²) in [6.45, 7) is 3.33. The standard InChI is InChI=1S/C12H23N5O2S/c1-9-12(11(7-13)15-14-9)20(18,19)17(3)8-10-5-4-6-16(10)2/h10H,4-8,13H2,1-3H3,(H,14,15). The van der Waals surface area contributed by atoms with E-state index in [0.717, 1.165) is 19.4 Å². The fourth-order valence-electron chi connectivity index (χ4n) is 2.71. The van der Waals surface area contributed by atoms with Crippen LogP contribution in [0.1, 0.15) is 24.2 Å². The number of nitrogens with zero attached hydrogens (tertiary/aromatic N) is 3. The molecule has 0 saturated carbocycles. The topological polar surface area (TPSA) is 95.3 Å². The van der Waals surface area contributed by atoms with Crippen LogP contribution in [0.25, 0.3) is 0 Å². The van der Waals surface area contributed by atoms with E-state index in [0.29, 0.717) is 17.9 Å². The highest BCUT2D eigenvalue weighted by Crippen LogP contribution is 2.23. The van der Waals surface area contributed by atoms with Gasteiger partial charge in [0, 0.05) is 26.2 Å². The Morgan fingerprint density at radius 1 is 1.55 bits per heavy atom. The van der Waals surface area contributed by atoms with Crippen LogP contribution in [-0.4, -0.2) is 61.0 Å². The van der Waals surface area contributed by atoms with Gasteiger partial charge in [-0.2, -0.15) is 9.40 Å². The summed E-state index contributed by atoms with van der Waals surface area (Å²) in [5.74, 6) is 0. The number of nitrogens with two attached hydrogens (primary N) is 1.